The Morgan fingerprint density at radius 3 is 2.79 bits per heavy atom. The fourth-order valence-electron chi connectivity index (χ4n) is 2.81. The van der Waals surface area contributed by atoms with Crippen molar-refractivity contribution in [2.75, 3.05) is 26.2 Å². The lowest BCUT2D eigenvalue weighted by Gasteiger charge is -2.26. The van der Waals surface area contributed by atoms with Gasteiger partial charge in [0.15, 0.2) is 0 Å². The molecule has 1 saturated heterocycles. The van der Waals surface area contributed by atoms with Gasteiger partial charge in [0.05, 0.1) is 0 Å². The molecule has 3 nitrogen and oxygen atoms in total. The number of nitrogens with two attached hydrogens (primary N) is 1. The molecule has 0 unspecified atom stereocenters. The number of nitrogens with zero attached hydrogens (tertiary/aromatic N) is 2. The van der Waals surface area contributed by atoms with Crippen molar-refractivity contribution in [1.29, 1.82) is 0 Å². The molecular weight excluding hydrogens is 234 g/mol. The summed E-state index contributed by atoms with van der Waals surface area (Å²) in [5.74, 6) is 0. The molecule has 0 spiro atoms. The molecule has 3 heteroatoms. The number of hydrogen-bond donors (Lipinski definition) is 1. The van der Waals surface area contributed by atoms with Gasteiger partial charge >= 0.3 is 0 Å². The van der Waals surface area contributed by atoms with E-state index in [9.17, 15) is 0 Å². The molecule has 0 amide bonds. The van der Waals surface area contributed by atoms with Crippen LogP contribution >= 0.6 is 0 Å². The van der Waals surface area contributed by atoms with Gasteiger partial charge in [-0.2, -0.15) is 0 Å². The number of allylic oxidation sites excluding steroid dienone is 3. The number of piperidine rings is 1. The molecule has 106 valence electrons. The molecule has 0 bridgehead atoms. The average Bonchev–Trinajstić information content (AvgIpc) is 2.43. The highest BCUT2D eigenvalue weighted by atomic mass is 15.1. The summed E-state index contributed by atoms with van der Waals surface area (Å²) in [4.78, 5) is 7.28. The molecule has 1 fully saturated rings. The van der Waals surface area contributed by atoms with Gasteiger partial charge in [0.2, 0.25) is 0 Å². The van der Waals surface area contributed by atoms with Gasteiger partial charge in [-0.3, -0.25) is 4.99 Å². The summed E-state index contributed by atoms with van der Waals surface area (Å²) >= 11 is 0. The third kappa shape index (κ3) is 5.19. The maximum atomic E-state index is 5.61. The molecule has 0 aliphatic carbocycles. The first kappa shape index (κ1) is 14.3. The Balaban J connectivity index is 1.74. The predicted molar refractivity (Wildman–Crippen MR) is 82.5 cm³/mol. The fraction of sp³-hybridized carbons (Fsp3) is 0.688. The minimum absolute atomic E-state index is 0.945. The van der Waals surface area contributed by atoms with Gasteiger partial charge < -0.3 is 10.6 Å². The van der Waals surface area contributed by atoms with E-state index in [1.807, 2.05) is 0 Å². The van der Waals surface area contributed by atoms with Crippen molar-refractivity contribution in [2.24, 2.45) is 10.7 Å². The van der Waals surface area contributed by atoms with Crippen LogP contribution in [-0.2, 0) is 0 Å². The van der Waals surface area contributed by atoms with Gasteiger partial charge in [0.1, 0.15) is 0 Å². The Hall–Kier alpha value is -1.09. The van der Waals surface area contributed by atoms with Crippen LogP contribution in [0.25, 0.3) is 0 Å². The molecular formula is C16H27N3. The van der Waals surface area contributed by atoms with E-state index < -0.39 is 0 Å². The topological polar surface area (TPSA) is 41.6 Å². The first-order chi connectivity index (χ1) is 9.38. The van der Waals surface area contributed by atoms with E-state index >= 15 is 0 Å². The van der Waals surface area contributed by atoms with E-state index in [1.54, 1.807) is 6.20 Å². The second-order valence-electron chi connectivity index (χ2n) is 5.56. The quantitative estimate of drug-likeness (QED) is 0.845. The van der Waals surface area contributed by atoms with Crippen molar-refractivity contribution in [3.05, 3.63) is 23.9 Å². The van der Waals surface area contributed by atoms with Crippen molar-refractivity contribution in [2.45, 2.75) is 44.9 Å². The van der Waals surface area contributed by atoms with Crippen LogP contribution in [0.1, 0.15) is 44.9 Å². The second-order valence-corrected chi connectivity index (χ2v) is 5.56. The van der Waals surface area contributed by atoms with Gasteiger partial charge in [-0.1, -0.05) is 12.5 Å². The van der Waals surface area contributed by atoms with Crippen LogP contribution in [-0.4, -0.2) is 36.8 Å². The Labute approximate surface area is 117 Å². The van der Waals surface area contributed by atoms with Crippen molar-refractivity contribution in [3.63, 3.8) is 0 Å². The van der Waals surface area contributed by atoms with Crippen LogP contribution in [0.2, 0.25) is 0 Å². The Bertz CT molecular complexity index is 349. The molecule has 0 saturated carbocycles. The first-order valence-electron chi connectivity index (χ1n) is 7.73. The lowest BCUT2D eigenvalue weighted by molar-refractivity contribution is 0.227. The highest BCUT2D eigenvalue weighted by Gasteiger charge is 2.09. The normalized spacial score (nSPS) is 25.7. The van der Waals surface area contributed by atoms with Crippen LogP contribution in [0.15, 0.2) is 28.9 Å². The largest absolute Gasteiger partial charge is 0.404 e. The van der Waals surface area contributed by atoms with Crippen molar-refractivity contribution < 1.29 is 0 Å². The van der Waals surface area contributed by atoms with Crippen molar-refractivity contribution in [1.82, 2.24) is 4.90 Å². The molecule has 2 rings (SSSR count). The van der Waals surface area contributed by atoms with Gasteiger partial charge in [-0.05, 0) is 76.0 Å². The van der Waals surface area contributed by atoms with Crippen LogP contribution in [0.4, 0.5) is 0 Å². The number of rotatable bonds is 4. The maximum absolute atomic E-state index is 5.61. The zero-order valence-electron chi connectivity index (χ0n) is 12.0. The minimum atomic E-state index is 0.945. The summed E-state index contributed by atoms with van der Waals surface area (Å²) in [7, 11) is 0. The van der Waals surface area contributed by atoms with Gasteiger partial charge in [-0.25, -0.2) is 0 Å². The summed E-state index contributed by atoms with van der Waals surface area (Å²) < 4.78 is 0. The summed E-state index contributed by atoms with van der Waals surface area (Å²) in [5, 5.41) is 0. The van der Waals surface area contributed by atoms with Crippen molar-refractivity contribution in [3.8, 4) is 0 Å². The summed E-state index contributed by atoms with van der Waals surface area (Å²) in [6.45, 7) is 4.76. The molecule has 2 N–H and O–H groups in total. The SMILES string of the molecule is N/C=C1/C=C\C(CCCN2CCCCC2)=NCCC1. The lowest BCUT2D eigenvalue weighted by Crippen LogP contribution is -2.30. The Morgan fingerprint density at radius 1 is 1.16 bits per heavy atom. The van der Waals surface area contributed by atoms with E-state index in [0.29, 0.717) is 0 Å². The van der Waals surface area contributed by atoms with E-state index in [4.69, 9.17) is 5.73 Å². The third-order valence-electron chi connectivity index (χ3n) is 4.00. The predicted octanol–water partition coefficient (Wildman–Crippen LogP) is 2.89. The molecule has 0 atom stereocenters. The summed E-state index contributed by atoms with van der Waals surface area (Å²) in [5.41, 5.74) is 8.09. The van der Waals surface area contributed by atoms with E-state index in [2.05, 4.69) is 22.0 Å². The molecule has 2 heterocycles. The van der Waals surface area contributed by atoms with Crippen LogP contribution in [0, 0.1) is 0 Å². The van der Waals surface area contributed by atoms with E-state index in [0.717, 1.165) is 25.8 Å². The monoisotopic (exact) mass is 261 g/mol. The first-order valence-corrected chi connectivity index (χ1v) is 7.73. The highest BCUT2D eigenvalue weighted by molar-refractivity contribution is 5.95. The van der Waals surface area contributed by atoms with Gasteiger partial charge in [0.25, 0.3) is 0 Å². The highest BCUT2D eigenvalue weighted by Crippen LogP contribution is 2.12. The molecule has 19 heavy (non-hydrogen) atoms. The zero-order chi connectivity index (χ0) is 13.3. The molecule has 2 aliphatic heterocycles. The second kappa shape index (κ2) is 8.16. The molecule has 0 radical (unpaired) electrons. The molecule has 0 aromatic rings. The van der Waals surface area contributed by atoms with Gasteiger partial charge in [0, 0.05) is 12.3 Å². The van der Waals surface area contributed by atoms with Crippen LogP contribution in [0.5, 0.6) is 0 Å². The summed E-state index contributed by atoms with van der Waals surface area (Å²) in [6.07, 6.45) is 14.7. The molecule has 0 aromatic carbocycles. The fourth-order valence-corrected chi connectivity index (χ4v) is 2.81. The zero-order valence-corrected chi connectivity index (χ0v) is 12.0. The number of likely N-dealkylation sites (tertiary alicyclic amines) is 1. The maximum Gasteiger partial charge on any atom is 0.0395 e. The standard InChI is InChI=1S/C16H27N3/c17-14-15-6-4-10-18-16(9-8-15)7-5-13-19-11-2-1-3-12-19/h8-9,14H,1-7,10-13,17H2/b9-8-,15-14+,18-16?. The van der Waals surface area contributed by atoms with Gasteiger partial charge in [-0.15, -0.1) is 0 Å². The number of aliphatic imine (C=N–C) groups is 1. The lowest BCUT2D eigenvalue weighted by atomic mass is 10.1. The summed E-state index contributed by atoms with van der Waals surface area (Å²) in [6, 6.07) is 0. The Kier molecular flexibility index (Phi) is 6.15. The van der Waals surface area contributed by atoms with E-state index in [-0.39, 0.29) is 0 Å². The molecule has 0 aromatic heterocycles. The Morgan fingerprint density at radius 2 is 2.00 bits per heavy atom. The average molecular weight is 261 g/mol. The third-order valence-corrected chi connectivity index (χ3v) is 4.00. The van der Waals surface area contributed by atoms with Crippen molar-refractivity contribution >= 4 is 5.71 Å². The number of hydrogen-bond acceptors (Lipinski definition) is 3. The smallest absolute Gasteiger partial charge is 0.0395 e. The molecule has 2 aliphatic rings. The van der Waals surface area contributed by atoms with E-state index in [1.165, 1.54) is 56.6 Å². The van der Waals surface area contributed by atoms with Crippen LogP contribution < -0.4 is 5.73 Å². The van der Waals surface area contributed by atoms with Crippen LogP contribution in [0.3, 0.4) is 0 Å². The minimum Gasteiger partial charge on any atom is -0.404 e.